The normalized spacial score (nSPS) is 10.3. The molecule has 0 aliphatic rings. The zero-order chi connectivity index (χ0) is 13.8. The van der Waals surface area contributed by atoms with Crippen LogP contribution >= 0.6 is 0 Å². The van der Waals surface area contributed by atoms with Crippen molar-refractivity contribution in [3.8, 4) is 0 Å². The molecule has 0 aromatic carbocycles. The summed E-state index contributed by atoms with van der Waals surface area (Å²) < 4.78 is 1.69. The zero-order valence-electron chi connectivity index (χ0n) is 11.3. The van der Waals surface area contributed by atoms with E-state index in [2.05, 4.69) is 20.7 Å². The fourth-order valence-corrected chi connectivity index (χ4v) is 1.88. The van der Waals surface area contributed by atoms with Gasteiger partial charge in [0.05, 0.1) is 16.9 Å². The van der Waals surface area contributed by atoms with Crippen molar-refractivity contribution in [2.24, 2.45) is 7.05 Å². The van der Waals surface area contributed by atoms with Gasteiger partial charge >= 0.3 is 0 Å². The molecule has 100 valence electrons. The summed E-state index contributed by atoms with van der Waals surface area (Å²) in [4.78, 5) is 16.4. The molecule has 2 rings (SSSR count). The predicted molar refractivity (Wildman–Crippen MR) is 74.3 cm³/mol. The SMILES string of the molecule is CCc1nn(C)cc1NC(=O)c1cccnc1NC. The Hall–Kier alpha value is -2.37. The van der Waals surface area contributed by atoms with E-state index in [9.17, 15) is 4.79 Å². The molecule has 0 aliphatic heterocycles. The van der Waals surface area contributed by atoms with Crippen molar-refractivity contribution in [2.75, 3.05) is 17.7 Å². The van der Waals surface area contributed by atoms with Crippen molar-refractivity contribution in [2.45, 2.75) is 13.3 Å². The Labute approximate surface area is 111 Å². The first-order chi connectivity index (χ1) is 9.15. The molecule has 0 saturated carbocycles. The second-order valence-corrected chi connectivity index (χ2v) is 4.12. The van der Waals surface area contributed by atoms with Crippen LogP contribution in [0.25, 0.3) is 0 Å². The average Bonchev–Trinajstić information content (AvgIpc) is 2.78. The minimum atomic E-state index is -0.194. The van der Waals surface area contributed by atoms with E-state index in [-0.39, 0.29) is 5.91 Å². The minimum Gasteiger partial charge on any atom is -0.372 e. The van der Waals surface area contributed by atoms with E-state index in [0.717, 1.165) is 17.8 Å². The van der Waals surface area contributed by atoms with Crippen LogP contribution in [0.2, 0.25) is 0 Å². The summed E-state index contributed by atoms with van der Waals surface area (Å²) in [5.41, 5.74) is 2.11. The number of aromatic nitrogens is 3. The number of rotatable bonds is 4. The highest BCUT2D eigenvalue weighted by Gasteiger charge is 2.14. The standard InChI is InChI=1S/C13H17N5O/c1-4-10-11(8-18(3)17-10)16-13(19)9-6-5-7-15-12(9)14-2/h5-8H,4H2,1-3H3,(H,14,15)(H,16,19). The molecule has 0 fully saturated rings. The Morgan fingerprint density at radius 1 is 1.47 bits per heavy atom. The van der Waals surface area contributed by atoms with Gasteiger partial charge in [-0.1, -0.05) is 6.92 Å². The summed E-state index contributed by atoms with van der Waals surface area (Å²) >= 11 is 0. The Bertz CT molecular complexity index is 590. The van der Waals surface area contributed by atoms with E-state index in [1.165, 1.54) is 0 Å². The molecule has 0 atom stereocenters. The third-order valence-electron chi connectivity index (χ3n) is 2.78. The lowest BCUT2D eigenvalue weighted by atomic mass is 10.2. The third kappa shape index (κ3) is 2.73. The molecule has 0 unspecified atom stereocenters. The van der Waals surface area contributed by atoms with Crippen molar-refractivity contribution in [1.82, 2.24) is 14.8 Å². The monoisotopic (exact) mass is 259 g/mol. The van der Waals surface area contributed by atoms with Crippen LogP contribution in [0.4, 0.5) is 11.5 Å². The zero-order valence-corrected chi connectivity index (χ0v) is 11.3. The lowest BCUT2D eigenvalue weighted by Crippen LogP contribution is -2.15. The number of nitrogens with zero attached hydrogens (tertiary/aromatic N) is 3. The van der Waals surface area contributed by atoms with E-state index >= 15 is 0 Å². The van der Waals surface area contributed by atoms with Gasteiger partial charge in [0, 0.05) is 26.5 Å². The molecule has 0 saturated heterocycles. The maximum Gasteiger partial charge on any atom is 0.259 e. The number of pyridine rings is 1. The van der Waals surface area contributed by atoms with Crippen LogP contribution in [0, 0.1) is 0 Å². The largest absolute Gasteiger partial charge is 0.372 e. The number of nitrogens with one attached hydrogen (secondary N) is 2. The second kappa shape index (κ2) is 5.51. The third-order valence-corrected chi connectivity index (χ3v) is 2.78. The first-order valence-electron chi connectivity index (χ1n) is 6.12. The summed E-state index contributed by atoms with van der Waals surface area (Å²) in [5.74, 6) is 0.363. The summed E-state index contributed by atoms with van der Waals surface area (Å²) in [6, 6.07) is 3.47. The molecule has 6 heteroatoms. The number of carbonyl (C=O) groups is 1. The van der Waals surface area contributed by atoms with Gasteiger partial charge in [-0.05, 0) is 18.6 Å². The van der Waals surface area contributed by atoms with E-state index in [0.29, 0.717) is 11.4 Å². The number of carbonyl (C=O) groups excluding carboxylic acids is 1. The highest BCUT2D eigenvalue weighted by Crippen LogP contribution is 2.17. The van der Waals surface area contributed by atoms with Crippen LogP contribution in [-0.4, -0.2) is 27.7 Å². The van der Waals surface area contributed by atoms with Crippen LogP contribution in [0.5, 0.6) is 0 Å². The Morgan fingerprint density at radius 3 is 2.95 bits per heavy atom. The summed E-state index contributed by atoms with van der Waals surface area (Å²) in [7, 11) is 3.57. The van der Waals surface area contributed by atoms with Crippen LogP contribution in [0.1, 0.15) is 23.0 Å². The number of hydrogen-bond acceptors (Lipinski definition) is 4. The van der Waals surface area contributed by atoms with Gasteiger partial charge in [-0.25, -0.2) is 4.98 Å². The minimum absolute atomic E-state index is 0.194. The fourth-order valence-electron chi connectivity index (χ4n) is 1.88. The van der Waals surface area contributed by atoms with Crippen molar-refractivity contribution in [3.05, 3.63) is 35.8 Å². The molecular weight excluding hydrogens is 242 g/mol. The Morgan fingerprint density at radius 2 is 2.26 bits per heavy atom. The molecule has 6 nitrogen and oxygen atoms in total. The first-order valence-corrected chi connectivity index (χ1v) is 6.12. The van der Waals surface area contributed by atoms with Crippen LogP contribution in [0.3, 0.4) is 0 Å². The molecule has 2 aromatic rings. The van der Waals surface area contributed by atoms with Crippen LogP contribution in [-0.2, 0) is 13.5 Å². The topological polar surface area (TPSA) is 71.8 Å². The number of amides is 1. The van der Waals surface area contributed by atoms with Gasteiger partial charge in [0.15, 0.2) is 0 Å². The average molecular weight is 259 g/mol. The van der Waals surface area contributed by atoms with Crippen LogP contribution in [0.15, 0.2) is 24.5 Å². The highest BCUT2D eigenvalue weighted by molar-refractivity contribution is 6.07. The van der Waals surface area contributed by atoms with Crippen LogP contribution < -0.4 is 10.6 Å². The molecule has 2 N–H and O–H groups in total. The molecule has 0 radical (unpaired) electrons. The lowest BCUT2D eigenvalue weighted by Gasteiger charge is -2.08. The van der Waals surface area contributed by atoms with E-state index in [1.807, 2.05) is 14.0 Å². The van der Waals surface area contributed by atoms with Gasteiger partial charge in [0.1, 0.15) is 5.82 Å². The summed E-state index contributed by atoms with van der Waals surface area (Å²) in [5, 5.41) is 10.1. The number of aryl methyl sites for hydroxylation is 2. The van der Waals surface area contributed by atoms with E-state index in [4.69, 9.17) is 0 Å². The molecule has 2 heterocycles. The van der Waals surface area contributed by atoms with Gasteiger partial charge in [-0.15, -0.1) is 0 Å². The Kier molecular flexibility index (Phi) is 3.79. The molecular formula is C13H17N5O. The first kappa shape index (κ1) is 13.1. The predicted octanol–water partition coefficient (Wildman–Crippen LogP) is 1.67. The molecule has 2 aromatic heterocycles. The smallest absolute Gasteiger partial charge is 0.259 e. The molecule has 1 amide bonds. The quantitative estimate of drug-likeness (QED) is 0.876. The molecule has 0 aliphatic carbocycles. The van der Waals surface area contributed by atoms with Gasteiger partial charge in [-0.2, -0.15) is 5.10 Å². The maximum atomic E-state index is 12.2. The van der Waals surface area contributed by atoms with Gasteiger partial charge in [0.2, 0.25) is 0 Å². The van der Waals surface area contributed by atoms with Crippen molar-refractivity contribution in [1.29, 1.82) is 0 Å². The van der Waals surface area contributed by atoms with Gasteiger partial charge < -0.3 is 10.6 Å². The fraction of sp³-hybridized carbons (Fsp3) is 0.308. The lowest BCUT2D eigenvalue weighted by molar-refractivity contribution is 0.102. The van der Waals surface area contributed by atoms with E-state index in [1.54, 1.807) is 36.3 Å². The number of anilines is 2. The van der Waals surface area contributed by atoms with Crippen molar-refractivity contribution in [3.63, 3.8) is 0 Å². The maximum absolute atomic E-state index is 12.2. The van der Waals surface area contributed by atoms with E-state index < -0.39 is 0 Å². The van der Waals surface area contributed by atoms with Crippen molar-refractivity contribution >= 4 is 17.4 Å². The molecule has 19 heavy (non-hydrogen) atoms. The second-order valence-electron chi connectivity index (χ2n) is 4.12. The molecule has 0 bridgehead atoms. The molecule has 0 spiro atoms. The Balaban J connectivity index is 2.25. The highest BCUT2D eigenvalue weighted by atomic mass is 16.1. The van der Waals surface area contributed by atoms with Gasteiger partial charge in [-0.3, -0.25) is 9.48 Å². The van der Waals surface area contributed by atoms with Crippen molar-refractivity contribution < 1.29 is 4.79 Å². The summed E-state index contributed by atoms with van der Waals surface area (Å²) in [6.07, 6.45) is 4.21. The number of hydrogen-bond donors (Lipinski definition) is 2. The summed E-state index contributed by atoms with van der Waals surface area (Å²) in [6.45, 7) is 2.00. The van der Waals surface area contributed by atoms with Gasteiger partial charge in [0.25, 0.3) is 5.91 Å².